The van der Waals surface area contributed by atoms with Crippen molar-refractivity contribution in [2.24, 2.45) is 5.16 Å². The summed E-state index contributed by atoms with van der Waals surface area (Å²) in [5, 5.41) is 3.47. The number of alkyl halides is 3. The Bertz CT molecular complexity index is 1090. The molecule has 0 fully saturated rings. The van der Waals surface area contributed by atoms with E-state index in [1.807, 2.05) is 6.07 Å². The Morgan fingerprint density at radius 2 is 1.74 bits per heavy atom. The fraction of sp³-hybridized carbons (Fsp3) is 0.143. The van der Waals surface area contributed by atoms with Crippen molar-refractivity contribution in [1.29, 1.82) is 0 Å². The van der Waals surface area contributed by atoms with Crippen LogP contribution >= 0.6 is 11.8 Å². The number of hydrogen-bond donors (Lipinski definition) is 0. The van der Waals surface area contributed by atoms with Gasteiger partial charge in [-0.2, -0.15) is 13.2 Å². The third-order valence-corrected chi connectivity index (χ3v) is 4.75. The molecule has 0 amide bonds. The highest BCUT2D eigenvalue weighted by Gasteiger charge is 2.34. The van der Waals surface area contributed by atoms with Crippen molar-refractivity contribution < 1.29 is 27.2 Å². The van der Waals surface area contributed by atoms with E-state index in [0.29, 0.717) is 17.5 Å². The average Bonchev–Trinajstić information content (AvgIpc) is 2.76. The van der Waals surface area contributed by atoms with Gasteiger partial charge in [0.15, 0.2) is 5.16 Å². The van der Waals surface area contributed by atoms with Crippen LogP contribution in [0.3, 0.4) is 0 Å². The second-order valence-electron chi connectivity index (χ2n) is 6.22. The molecule has 1 heterocycles. The van der Waals surface area contributed by atoms with E-state index in [2.05, 4.69) is 15.1 Å². The summed E-state index contributed by atoms with van der Waals surface area (Å²) in [7, 11) is 0. The molecule has 0 spiro atoms. The molecule has 10 heteroatoms. The average molecular weight is 449 g/mol. The summed E-state index contributed by atoms with van der Waals surface area (Å²) >= 11 is 0.678. The Hall–Kier alpha value is -3.27. The van der Waals surface area contributed by atoms with Gasteiger partial charge < -0.3 is 4.84 Å². The number of aromatic nitrogens is 2. The van der Waals surface area contributed by atoms with E-state index in [-0.39, 0.29) is 22.2 Å². The zero-order valence-electron chi connectivity index (χ0n) is 16.1. The molecule has 0 aliphatic carbocycles. The number of carbonyl (C=O) groups is 1. The number of benzene rings is 2. The summed E-state index contributed by atoms with van der Waals surface area (Å²) in [6.07, 6.45) is -4.72. The Balaban J connectivity index is 1.73. The molecule has 0 unspecified atom stereocenters. The molecule has 3 aromatic rings. The standard InChI is InChI=1S/C21H15F4N3O2S/c1-13(14-5-3-2-4-6-14)28-30-19(29)12-31-20-26-17(11-18(27-20)21(23,24)25)15-7-9-16(22)10-8-15/h2-11H,12H2,1H3/b28-13+. The maximum absolute atomic E-state index is 13.2. The van der Waals surface area contributed by atoms with Gasteiger partial charge in [0.1, 0.15) is 17.3 Å². The molecule has 1 aromatic heterocycles. The van der Waals surface area contributed by atoms with Crippen molar-refractivity contribution in [1.82, 2.24) is 9.97 Å². The van der Waals surface area contributed by atoms with Crippen molar-refractivity contribution >= 4 is 23.4 Å². The van der Waals surface area contributed by atoms with E-state index in [9.17, 15) is 22.4 Å². The maximum atomic E-state index is 13.2. The summed E-state index contributed by atoms with van der Waals surface area (Å²) in [4.78, 5) is 24.3. The minimum Gasteiger partial charge on any atom is -0.317 e. The van der Waals surface area contributed by atoms with E-state index in [0.717, 1.165) is 23.8 Å². The van der Waals surface area contributed by atoms with Gasteiger partial charge in [-0.25, -0.2) is 19.2 Å². The van der Waals surface area contributed by atoms with Gasteiger partial charge in [-0.15, -0.1) is 0 Å². The molecular weight excluding hydrogens is 434 g/mol. The fourth-order valence-electron chi connectivity index (χ4n) is 2.40. The lowest BCUT2D eigenvalue weighted by atomic mass is 10.1. The lowest BCUT2D eigenvalue weighted by Gasteiger charge is -2.10. The molecule has 0 bridgehead atoms. The maximum Gasteiger partial charge on any atom is 0.433 e. The van der Waals surface area contributed by atoms with Gasteiger partial charge in [0.05, 0.1) is 11.4 Å². The van der Waals surface area contributed by atoms with E-state index in [1.165, 1.54) is 12.1 Å². The summed E-state index contributed by atoms with van der Waals surface area (Å²) in [6, 6.07) is 14.6. The molecule has 0 radical (unpaired) electrons. The predicted octanol–water partition coefficient (Wildman–Crippen LogP) is 5.36. The van der Waals surface area contributed by atoms with Crippen LogP contribution in [0.25, 0.3) is 11.3 Å². The topological polar surface area (TPSA) is 64.4 Å². The van der Waals surface area contributed by atoms with Crippen LogP contribution in [0.2, 0.25) is 0 Å². The Kier molecular flexibility index (Phi) is 7.01. The van der Waals surface area contributed by atoms with Crippen LogP contribution in [0.15, 0.2) is 71.0 Å². The molecule has 0 saturated heterocycles. The first-order chi connectivity index (χ1) is 14.7. The van der Waals surface area contributed by atoms with Gasteiger partial charge in [0.2, 0.25) is 0 Å². The minimum absolute atomic E-state index is 0.0452. The monoisotopic (exact) mass is 449 g/mol. The van der Waals surface area contributed by atoms with E-state index < -0.39 is 23.7 Å². The van der Waals surface area contributed by atoms with Gasteiger partial charge >= 0.3 is 12.1 Å². The van der Waals surface area contributed by atoms with E-state index in [1.54, 1.807) is 31.2 Å². The zero-order chi connectivity index (χ0) is 22.4. The SMILES string of the molecule is C/C(=N\OC(=O)CSc1nc(-c2ccc(F)cc2)cc(C(F)(F)F)n1)c1ccccc1. The molecular formula is C21H15F4N3O2S. The van der Waals surface area contributed by atoms with Gasteiger partial charge in [-0.1, -0.05) is 47.2 Å². The molecule has 0 atom stereocenters. The van der Waals surface area contributed by atoms with Crippen molar-refractivity contribution in [3.05, 3.63) is 77.7 Å². The first-order valence-electron chi connectivity index (χ1n) is 8.87. The Labute approximate surface area is 179 Å². The Morgan fingerprint density at radius 1 is 1.06 bits per heavy atom. The number of rotatable bonds is 6. The van der Waals surface area contributed by atoms with Crippen LogP contribution in [0.1, 0.15) is 18.2 Å². The Morgan fingerprint density at radius 3 is 2.39 bits per heavy atom. The lowest BCUT2D eigenvalue weighted by Crippen LogP contribution is -2.11. The van der Waals surface area contributed by atoms with Crippen LogP contribution in [0, 0.1) is 5.82 Å². The van der Waals surface area contributed by atoms with Gasteiger partial charge in [-0.05, 0) is 42.8 Å². The quantitative estimate of drug-likeness (QED) is 0.127. The highest BCUT2D eigenvalue weighted by Crippen LogP contribution is 2.32. The van der Waals surface area contributed by atoms with Crippen LogP contribution < -0.4 is 0 Å². The highest BCUT2D eigenvalue weighted by molar-refractivity contribution is 7.99. The molecule has 31 heavy (non-hydrogen) atoms. The van der Waals surface area contributed by atoms with Crippen molar-refractivity contribution in [3.8, 4) is 11.3 Å². The molecule has 2 aromatic carbocycles. The highest BCUT2D eigenvalue weighted by atomic mass is 32.2. The summed E-state index contributed by atoms with van der Waals surface area (Å²) in [5.74, 6) is -1.65. The molecule has 5 nitrogen and oxygen atoms in total. The van der Waals surface area contributed by atoms with Crippen molar-refractivity contribution in [2.45, 2.75) is 18.3 Å². The number of nitrogens with zero attached hydrogens (tertiary/aromatic N) is 3. The minimum atomic E-state index is -4.72. The number of carbonyl (C=O) groups excluding carboxylic acids is 1. The first-order valence-corrected chi connectivity index (χ1v) is 9.86. The molecule has 3 rings (SSSR count). The number of oxime groups is 1. The van der Waals surface area contributed by atoms with E-state index >= 15 is 0 Å². The number of hydrogen-bond acceptors (Lipinski definition) is 6. The van der Waals surface area contributed by atoms with Crippen LogP contribution in [0.4, 0.5) is 17.6 Å². The predicted molar refractivity (Wildman–Crippen MR) is 108 cm³/mol. The summed E-state index contributed by atoms with van der Waals surface area (Å²) in [6.45, 7) is 1.65. The normalized spacial score (nSPS) is 12.0. The first kappa shape index (κ1) is 22.4. The second-order valence-corrected chi connectivity index (χ2v) is 7.16. The molecule has 0 saturated carbocycles. The summed E-state index contributed by atoms with van der Waals surface area (Å²) in [5.41, 5.74) is 0.287. The van der Waals surface area contributed by atoms with Gasteiger partial charge in [0.25, 0.3) is 0 Å². The van der Waals surface area contributed by atoms with Crippen molar-refractivity contribution in [3.63, 3.8) is 0 Å². The second kappa shape index (κ2) is 9.69. The molecule has 160 valence electrons. The van der Waals surface area contributed by atoms with Crippen LogP contribution in [-0.4, -0.2) is 27.4 Å². The van der Waals surface area contributed by atoms with Gasteiger partial charge in [0, 0.05) is 5.56 Å². The van der Waals surface area contributed by atoms with Crippen LogP contribution in [0.5, 0.6) is 0 Å². The summed E-state index contributed by atoms with van der Waals surface area (Å²) < 4.78 is 52.8. The number of thioether (sulfide) groups is 1. The number of halogens is 4. The van der Waals surface area contributed by atoms with Crippen molar-refractivity contribution in [2.75, 3.05) is 5.75 Å². The molecule has 0 aliphatic heterocycles. The van der Waals surface area contributed by atoms with Gasteiger partial charge in [-0.3, -0.25) is 0 Å². The lowest BCUT2D eigenvalue weighted by molar-refractivity contribution is -0.141. The largest absolute Gasteiger partial charge is 0.433 e. The molecule has 0 aliphatic rings. The fourth-order valence-corrected chi connectivity index (χ4v) is 3.03. The third kappa shape index (κ3) is 6.35. The third-order valence-electron chi connectivity index (χ3n) is 3.93. The zero-order valence-corrected chi connectivity index (χ0v) is 16.9. The van der Waals surface area contributed by atoms with Crippen LogP contribution in [-0.2, 0) is 15.8 Å². The smallest absolute Gasteiger partial charge is 0.317 e. The molecule has 0 N–H and O–H groups in total. The van der Waals surface area contributed by atoms with E-state index in [4.69, 9.17) is 4.84 Å².